The molecular weight excluding hydrogens is 376 g/mol. The number of hydrogen-bond donors (Lipinski definition) is 5. The lowest BCUT2D eigenvalue weighted by molar-refractivity contribution is 0.0956. The third-order valence-electron chi connectivity index (χ3n) is 3.73. The summed E-state index contributed by atoms with van der Waals surface area (Å²) < 4.78 is 0. The van der Waals surface area contributed by atoms with E-state index in [1.54, 1.807) is 30.5 Å². The fourth-order valence-corrected chi connectivity index (χ4v) is 2.38. The fourth-order valence-electron chi connectivity index (χ4n) is 2.38. The van der Waals surface area contributed by atoms with Gasteiger partial charge in [-0.3, -0.25) is 24.8 Å². The van der Waals surface area contributed by atoms with Crippen molar-refractivity contribution < 1.29 is 9.59 Å². The minimum atomic E-state index is -0.458. The van der Waals surface area contributed by atoms with Gasteiger partial charge in [0, 0.05) is 29.2 Å². The first-order valence-electron chi connectivity index (χ1n) is 8.46. The number of nitrogens with one attached hydrogen (secondary N) is 4. The van der Waals surface area contributed by atoms with Crippen molar-refractivity contribution in [3.05, 3.63) is 72.4 Å². The van der Waals surface area contributed by atoms with Gasteiger partial charge in [0.2, 0.25) is 11.6 Å². The number of nitrogens with zero attached hydrogens (tertiary/aromatic N) is 5. The van der Waals surface area contributed by atoms with E-state index in [4.69, 9.17) is 5.73 Å². The summed E-state index contributed by atoms with van der Waals surface area (Å²) >= 11 is 0. The molecule has 0 fully saturated rings. The van der Waals surface area contributed by atoms with Crippen molar-refractivity contribution in [2.24, 2.45) is 5.73 Å². The number of carbonyl (C=O) groups excluding carboxylic acids is 2. The number of rotatable bonds is 7. The van der Waals surface area contributed by atoms with Crippen LogP contribution in [0.25, 0.3) is 0 Å². The maximum Gasteiger partial charge on any atom is 0.292 e. The van der Waals surface area contributed by atoms with Crippen LogP contribution in [0.3, 0.4) is 0 Å². The minimum absolute atomic E-state index is 0.0734. The van der Waals surface area contributed by atoms with E-state index in [2.05, 4.69) is 46.0 Å². The van der Waals surface area contributed by atoms with Crippen LogP contribution in [0.5, 0.6) is 0 Å². The predicted octanol–water partition coefficient (Wildman–Crippen LogP) is 0.460. The van der Waals surface area contributed by atoms with E-state index in [1.807, 2.05) is 6.92 Å². The second-order valence-corrected chi connectivity index (χ2v) is 5.82. The molecule has 0 bridgehead atoms. The van der Waals surface area contributed by atoms with Gasteiger partial charge in [0.25, 0.3) is 11.8 Å². The summed E-state index contributed by atoms with van der Waals surface area (Å²) in [7, 11) is 0. The standard InChI is InChI=1S/C17H18N10O2/c1-10(6-11(2-4-18)24-16(28)14-20-8-22-26-14)13-7-12(3-5-19-13)25-17(29)15-21-9-23-27-15/h2-10H,18H2,1H3,(H,24,28)(H,19,25,29)(H,20,22,26)(H,21,23,27)/b4-2-,11-6+. The number of aromatic nitrogens is 7. The van der Waals surface area contributed by atoms with Crippen LogP contribution in [0.1, 0.15) is 39.8 Å². The molecule has 0 radical (unpaired) electrons. The Morgan fingerprint density at radius 1 is 1.10 bits per heavy atom. The Labute approximate surface area is 164 Å². The van der Waals surface area contributed by atoms with Crippen molar-refractivity contribution in [3.63, 3.8) is 0 Å². The monoisotopic (exact) mass is 394 g/mol. The summed E-state index contributed by atoms with van der Waals surface area (Å²) in [6, 6.07) is 3.37. The number of hydrogen-bond acceptors (Lipinski definition) is 8. The van der Waals surface area contributed by atoms with Gasteiger partial charge in [-0.15, -0.1) is 0 Å². The van der Waals surface area contributed by atoms with Crippen LogP contribution < -0.4 is 16.4 Å². The third-order valence-corrected chi connectivity index (χ3v) is 3.73. The topological polar surface area (TPSA) is 180 Å². The van der Waals surface area contributed by atoms with Crippen molar-refractivity contribution in [1.29, 1.82) is 0 Å². The molecule has 0 spiro atoms. The Kier molecular flexibility index (Phi) is 6.05. The highest BCUT2D eigenvalue weighted by Crippen LogP contribution is 2.19. The summed E-state index contributed by atoms with van der Waals surface area (Å²) in [6.07, 6.45) is 8.67. The fraction of sp³-hybridized carbons (Fsp3) is 0.118. The normalized spacial score (nSPS) is 12.7. The van der Waals surface area contributed by atoms with Gasteiger partial charge in [-0.05, 0) is 24.4 Å². The Morgan fingerprint density at radius 2 is 1.79 bits per heavy atom. The molecule has 0 aromatic carbocycles. The third kappa shape index (κ3) is 5.09. The zero-order valence-corrected chi connectivity index (χ0v) is 15.3. The molecule has 0 saturated carbocycles. The number of nitrogens with two attached hydrogens (primary N) is 1. The zero-order chi connectivity index (χ0) is 20.6. The first-order chi connectivity index (χ1) is 14.1. The largest absolute Gasteiger partial charge is 0.405 e. The number of pyridine rings is 1. The number of aromatic amines is 2. The van der Waals surface area contributed by atoms with Gasteiger partial charge >= 0.3 is 0 Å². The lowest BCUT2D eigenvalue weighted by Crippen LogP contribution is -2.23. The van der Waals surface area contributed by atoms with Crippen molar-refractivity contribution >= 4 is 17.5 Å². The van der Waals surface area contributed by atoms with E-state index in [9.17, 15) is 9.59 Å². The molecule has 6 N–H and O–H groups in total. The number of carbonyl (C=O) groups is 2. The summed E-state index contributed by atoms with van der Waals surface area (Å²) in [6.45, 7) is 1.88. The van der Waals surface area contributed by atoms with Crippen LogP contribution in [0.15, 0.2) is 55.0 Å². The van der Waals surface area contributed by atoms with E-state index < -0.39 is 11.8 Å². The molecule has 12 nitrogen and oxygen atoms in total. The van der Waals surface area contributed by atoms with E-state index in [-0.39, 0.29) is 17.6 Å². The van der Waals surface area contributed by atoms with Crippen LogP contribution >= 0.6 is 0 Å². The average Bonchev–Trinajstić information content (AvgIpc) is 3.42. The van der Waals surface area contributed by atoms with Gasteiger partial charge < -0.3 is 16.4 Å². The molecule has 12 heteroatoms. The van der Waals surface area contributed by atoms with Gasteiger partial charge in [-0.1, -0.05) is 13.0 Å². The van der Waals surface area contributed by atoms with E-state index in [0.29, 0.717) is 17.1 Å². The predicted molar refractivity (Wildman–Crippen MR) is 102 cm³/mol. The Hall–Kier alpha value is -4.35. The first kappa shape index (κ1) is 19.4. The lowest BCUT2D eigenvalue weighted by atomic mass is 10.0. The van der Waals surface area contributed by atoms with Crippen LogP contribution in [0.4, 0.5) is 5.69 Å². The molecular formula is C17H18N10O2. The minimum Gasteiger partial charge on any atom is -0.405 e. The van der Waals surface area contributed by atoms with Crippen molar-refractivity contribution in [3.8, 4) is 0 Å². The molecule has 3 rings (SSSR count). The summed E-state index contributed by atoms with van der Waals surface area (Å²) in [5.41, 5.74) is 7.14. The zero-order valence-electron chi connectivity index (χ0n) is 15.3. The molecule has 0 aliphatic rings. The Balaban J connectivity index is 1.74. The molecule has 0 aliphatic heterocycles. The van der Waals surface area contributed by atoms with Crippen molar-refractivity contribution in [2.45, 2.75) is 12.8 Å². The number of allylic oxidation sites excluding steroid dienone is 2. The van der Waals surface area contributed by atoms with Gasteiger partial charge in [0.1, 0.15) is 12.7 Å². The van der Waals surface area contributed by atoms with E-state index in [0.717, 1.165) is 0 Å². The second kappa shape index (κ2) is 9.03. The molecule has 3 aromatic heterocycles. The van der Waals surface area contributed by atoms with Crippen LogP contribution in [0.2, 0.25) is 0 Å². The molecule has 148 valence electrons. The van der Waals surface area contributed by atoms with E-state index in [1.165, 1.54) is 18.9 Å². The van der Waals surface area contributed by atoms with Crippen LogP contribution in [0, 0.1) is 0 Å². The molecule has 2 amide bonds. The van der Waals surface area contributed by atoms with Gasteiger partial charge in [-0.2, -0.15) is 10.2 Å². The van der Waals surface area contributed by atoms with Gasteiger partial charge in [0.05, 0.1) is 0 Å². The number of anilines is 1. The van der Waals surface area contributed by atoms with Gasteiger partial charge in [0.15, 0.2) is 0 Å². The summed E-state index contributed by atoms with van der Waals surface area (Å²) in [5.74, 6) is -0.918. The number of H-pyrrole nitrogens is 2. The highest BCUT2D eigenvalue weighted by atomic mass is 16.2. The molecule has 0 saturated heterocycles. The lowest BCUT2D eigenvalue weighted by Gasteiger charge is -2.11. The highest BCUT2D eigenvalue weighted by molar-refractivity contribution is 6.01. The smallest absolute Gasteiger partial charge is 0.292 e. The Morgan fingerprint density at radius 3 is 2.41 bits per heavy atom. The maximum absolute atomic E-state index is 12.2. The SMILES string of the molecule is CC(/C=C(\C=C/N)NC(=O)c1ncn[nH]1)c1cc(NC(=O)c2ncn[nH]2)ccn1. The van der Waals surface area contributed by atoms with Crippen LogP contribution in [-0.4, -0.2) is 47.2 Å². The number of amides is 2. The Bertz CT molecular complexity index is 1020. The average molecular weight is 394 g/mol. The first-order valence-corrected chi connectivity index (χ1v) is 8.46. The summed E-state index contributed by atoms with van der Waals surface area (Å²) in [4.78, 5) is 36.2. The molecule has 3 aromatic rings. The maximum atomic E-state index is 12.2. The molecule has 1 atom stereocenters. The van der Waals surface area contributed by atoms with Crippen LogP contribution in [-0.2, 0) is 0 Å². The molecule has 0 aliphatic carbocycles. The molecule has 29 heavy (non-hydrogen) atoms. The quantitative estimate of drug-likeness (QED) is 0.358. The van der Waals surface area contributed by atoms with Crippen molar-refractivity contribution in [2.75, 3.05) is 5.32 Å². The van der Waals surface area contributed by atoms with Crippen molar-refractivity contribution in [1.82, 2.24) is 40.7 Å². The molecule has 1 unspecified atom stereocenters. The summed E-state index contributed by atoms with van der Waals surface area (Å²) in [5, 5.41) is 17.7. The second-order valence-electron chi connectivity index (χ2n) is 5.82. The van der Waals surface area contributed by atoms with E-state index >= 15 is 0 Å². The molecule has 3 heterocycles. The van der Waals surface area contributed by atoms with Gasteiger partial charge in [-0.25, -0.2) is 9.97 Å². The highest BCUT2D eigenvalue weighted by Gasteiger charge is 2.13.